The van der Waals surface area contributed by atoms with Crippen LogP contribution in [0.15, 0.2) is 323 Å². The molecule has 0 aliphatic carbocycles. The number of hydrogen-bond acceptors (Lipinski definition) is 2. The molecular weight excluding hydrogens is 1060 g/mol. The van der Waals surface area contributed by atoms with Crippen molar-refractivity contribution in [3.8, 4) is 55.6 Å². The minimum atomic E-state index is -0.941. The predicted molar refractivity (Wildman–Crippen MR) is 375 cm³/mol. The lowest BCUT2D eigenvalue weighted by atomic mass is 9.85. The first kappa shape index (κ1) is 24.8. The maximum atomic E-state index is 9.80. The van der Waals surface area contributed by atoms with E-state index in [1.54, 1.807) is 24.3 Å². The van der Waals surface area contributed by atoms with Gasteiger partial charge in [-0.1, -0.05) is 266 Å². The van der Waals surface area contributed by atoms with Gasteiger partial charge in [0.2, 0.25) is 0 Å². The van der Waals surface area contributed by atoms with E-state index in [4.69, 9.17) is 41.7 Å². The number of fused-ring (bicyclic) bond motifs is 16. The fourth-order valence-electron chi connectivity index (χ4n) is 11.7. The molecule has 0 N–H and O–H groups in total. The van der Waals surface area contributed by atoms with E-state index in [1.165, 1.54) is 0 Å². The first-order valence-corrected chi connectivity index (χ1v) is 27.1. The maximum Gasteiger partial charge on any atom is 0.136 e. The summed E-state index contributed by atoms with van der Waals surface area (Å²) < 4.78 is 360. The lowest BCUT2D eigenvalue weighted by Gasteiger charge is -2.18. The van der Waals surface area contributed by atoms with Gasteiger partial charge >= 0.3 is 0 Å². The minimum absolute atomic E-state index is 0.0407. The van der Waals surface area contributed by atoms with Crippen LogP contribution in [-0.2, 0) is 0 Å². The molecule has 0 atom stereocenters. The summed E-state index contributed by atoms with van der Waals surface area (Å²) in [5.74, 6) is 0. The number of rotatable bonds is 5. The van der Waals surface area contributed by atoms with Crippen molar-refractivity contribution in [1.29, 1.82) is 0 Å². The van der Waals surface area contributed by atoms with Gasteiger partial charge in [-0.15, -0.1) is 0 Å². The van der Waals surface area contributed by atoms with E-state index in [2.05, 4.69) is 0 Å². The second-order valence-corrected chi connectivity index (χ2v) is 20.3. The van der Waals surface area contributed by atoms with Crippen LogP contribution in [0.25, 0.3) is 186 Å². The molecule has 88 heavy (non-hydrogen) atoms. The topological polar surface area (TPSA) is 26.3 Å². The first-order valence-electron chi connectivity index (χ1n) is 46.6. The highest BCUT2D eigenvalue weighted by atomic mass is 16.3. The summed E-state index contributed by atoms with van der Waals surface area (Å²) in [7, 11) is 0. The Morgan fingerprint density at radius 3 is 1.17 bits per heavy atom. The summed E-state index contributed by atoms with van der Waals surface area (Å²) >= 11 is 0. The van der Waals surface area contributed by atoms with Gasteiger partial charge in [0.25, 0.3) is 0 Å². The van der Waals surface area contributed by atoms with Crippen LogP contribution in [-0.4, -0.2) is 0 Å². The van der Waals surface area contributed by atoms with Crippen molar-refractivity contribution in [1.82, 2.24) is 0 Å². The molecule has 0 saturated heterocycles. The van der Waals surface area contributed by atoms with Crippen molar-refractivity contribution in [3.63, 3.8) is 0 Å². The second-order valence-electron chi connectivity index (χ2n) is 20.3. The molecule has 2 heteroatoms. The van der Waals surface area contributed by atoms with Gasteiger partial charge in [0.05, 0.1) is 53.5 Å². The molecule has 2 nitrogen and oxygen atoms in total. The van der Waals surface area contributed by atoms with Crippen molar-refractivity contribution < 1.29 is 62.3 Å². The lowest BCUT2D eigenvalue weighted by Crippen LogP contribution is -1.91. The molecule has 0 aliphatic rings. The zero-order chi connectivity index (χ0) is 91.8. The average Bonchev–Trinajstić information content (AvgIpc) is 1.59. The van der Waals surface area contributed by atoms with Gasteiger partial charge < -0.3 is 8.83 Å². The molecule has 0 spiro atoms. The fraction of sp³-hybridized carbons (Fsp3) is 0. The van der Waals surface area contributed by atoms with Crippen LogP contribution in [0, 0.1) is 0 Å². The molecule has 0 unspecified atom stereocenters. The Labute approximate surface area is 561 Å². The Kier molecular flexibility index (Phi) is 5.64. The Morgan fingerprint density at radius 1 is 0.205 bits per heavy atom. The van der Waals surface area contributed by atoms with Crippen molar-refractivity contribution in [2.45, 2.75) is 0 Å². The quantitative estimate of drug-likeness (QED) is 0.161. The zero-order valence-electron chi connectivity index (χ0n) is 83.8. The fourth-order valence-corrected chi connectivity index (χ4v) is 11.7. The number of furan rings is 2. The summed E-state index contributed by atoms with van der Waals surface area (Å²) in [6.07, 6.45) is 0. The van der Waals surface area contributed by atoms with Crippen LogP contribution >= 0.6 is 0 Å². The largest absolute Gasteiger partial charge is 0.456 e. The van der Waals surface area contributed by atoms with Crippen molar-refractivity contribution in [2.24, 2.45) is 0 Å². The van der Waals surface area contributed by atoms with Crippen LogP contribution in [0.4, 0.5) is 0 Å². The van der Waals surface area contributed by atoms with E-state index in [0.717, 1.165) is 38.3 Å². The van der Waals surface area contributed by atoms with Crippen molar-refractivity contribution in [2.75, 3.05) is 0 Å². The molecule has 0 bridgehead atoms. The van der Waals surface area contributed by atoms with Crippen LogP contribution in [0.2, 0.25) is 0 Å². The van der Waals surface area contributed by atoms with Crippen LogP contribution in [0.5, 0.6) is 0 Å². The number of hydrogen-bond donors (Lipinski definition) is 0. The van der Waals surface area contributed by atoms with Gasteiger partial charge in [-0.2, -0.15) is 0 Å². The van der Waals surface area contributed by atoms with Crippen molar-refractivity contribution in [3.05, 3.63) is 315 Å². The highest BCUT2D eigenvalue weighted by Crippen LogP contribution is 2.48. The molecule has 0 radical (unpaired) electrons. The third-order valence-electron chi connectivity index (χ3n) is 15.6. The van der Waals surface area contributed by atoms with E-state index in [-0.39, 0.29) is 38.1 Å². The van der Waals surface area contributed by atoms with E-state index in [1.807, 2.05) is 54.6 Å². The molecule has 2 heterocycles. The molecule has 0 amide bonds. The average molecular weight is 1160 g/mol. The monoisotopic (exact) mass is 1160 g/mol. The van der Waals surface area contributed by atoms with E-state index >= 15 is 0 Å². The summed E-state index contributed by atoms with van der Waals surface area (Å²) in [6, 6.07) is -5.48. The molecule has 2 aromatic heterocycles. The van der Waals surface area contributed by atoms with Gasteiger partial charge in [-0.05, 0) is 190 Å². The van der Waals surface area contributed by atoms with Crippen LogP contribution in [0.1, 0.15) is 53.5 Å². The van der Waals surface area contributed by atoms with Gasteiger partial charge in [0, 0.05) is 21.5 Å². The molecular formula is C86H52O2. The lowest BCUT2D eigenvalue weighted by molar-refractivity contribution is 0.669. The molecule has 0 aliphatic heterocycles. The first-order chi connectivity index (χ1) is 59.9. The van der Waals surface area contributed by atoms with E-state index in [0.29, 0.717) is 11.1 Å². The van der Waals surface area contributed by atoms with Crippen LogP contribution < -0.4 is 0 Å². The van der Waals surface area contributed by atoms with E-state index in [9.17, 15) is 20.6 Å². The highest BCUT2D eigenvalue weighted by molar-refractivity contribution is 6.26. The van der Waals surface area contributed by atoms with Crippen LogP contribution in [0.3, 0.4) is 0 Å². The SMILES string of the molecule is [2H]c1c(-c2c3c([2H])c([2H])c([2H])c([2H])c3c(-c3c([2H])c([2H])c4c([2H])c([2H])c([2H])c([2H])c4c3[2H])c3c([2H])c([2H])c([2H])c([2H])c23)c([2H])c2c(oc3c([2H])c([2H])c4c([2H])c([2H])c([2H])c([2H])c4c32)c1[2H].[2H]c1c([2H])c([2H])c2c([2H])c(-c3c4c([2H])c([2H])c([2H])c([2H])c4c(-c4ccc(-c5ccc6oc7ccc8ccccc8c7c6c5)cc4)c4c([2H])c([2H])c([2H])c([2H])c34)c([2H])c([2H])c2c1[2H]. The van der Waals surface area contributed by atoms with Gasteiger partial charge in [-0.3, -0.25) is 0 Å². The Hall–Kier alpha value is -11.6. The third-order valence-corrected chi connectivity index (χ3v) is 15.6. The van der Waals surface area contributed by atoms with Gasteiger partial charge in [0.15, 0.2) is 0 Å². The Balaban J connectivity index is 0.000000172. The van der Waals surface area contributed by atoms with E-state index < -0.39 is 334 Å². The summed E-state index contributed by atoms with van der Waals surface area (Å²) in [5.41, 5.74) is -1.28. The molecule has 0 fully saturated rings. The highest BCUT2D eigenvalue weighted by Gasteiger charge is 2.21. The summed E-state index contributed by atoms with van der Waals surface area (Å²) in [4.78, 5) is 0. The molecule has 0 saturated carbocycles. The maximum absolute atomic E-state index is 9.80. The number of benzene rings is 17. The van der Waals surface area contributed by atoms with Gasteiger partial charge in [-0.25, -0.2) is 0 Å². The summed E-state index contributed by atoms with van der Waals surface area (Å²) in [6.45, 7) is 0. The second kappa shape index (κ2) is 20.0. The molecule has 19 aromatic rings. The molecule has 17 aromatic carbocycles. The normalized spacial score (nSPS) is 18.1. The Morgan fingerprint density at radius 2 is 0.602 bits per heavy atom. The minimum Gasteiger partial charge on any atom is -0.456 e. The standard InChI is InChI=1S/C46H28O.C40H24O/c1-2-11-33-27-35(22-19-29(33)9-1)45-39-15-7-5-13-37(39)44(38-14-6-8-16-40(38)45)32-20-17-30(18-21-32)34-24-25-42-41(28-34)46-36-12-4-3-10-31(36)23-26-43(46)47-42;1-2-11-27-23-28(18-17-25(27)9-1)38-31-13-5-7-15-33(31)39(34-16-8-6-14-32(34)38)29-20-21-36-35(24-29)40-30-12-4-3-10-26(30)19-22-37(40)41-36/h1-28H;1-24H/i1D,2D,5D,6D,7D,8D,9D,11D,13D,14D,15D,16D,19D,22D,27D;1D,2D,3D,4D,5D,6D,7D,8D,9D,10D,11D,12D,13D,14D,15D,16D,17D,18D,19D,20D,21D,22D,23D,24D. The summed E-state index contributed by atoms with van der Waals surface area (Å²) in [5, 5.41) is -3.27. The third kappa shape index (κ3) is 7.97. The Bertz CT molecular complexity index is 8320. The molecule has 408 valence electrons. The molecule has 19 rings (SSSR count). The van der Waals surface area contributed by atoms with Crippen molar-refractivity contribution >= 4 is 130 Å². The zero-order valence-corrected chi connectivity index (χ0v) is 44.8. The van der Waals surface area contributed by atoms with Gasteiger partial charge in [0.1, 0.15) is 22.3 Å². The predicted octanol–water partition coefficient (Wildman–Crippen LogP) is 24.7. The smallest absolute Gasteiger partial charge is 0.136 e.